The number of rotatable bonds is 6. The zero-order chi connectivity index (χ0) is 12.7. The molecule has 0 aromatic carbocycles. The van der Waals surface area contributed by atoms with Crippen LogP contribution < -0.4 is 11.3 Å². The molecule has 4 N–H and O–H groups in total. The molecule has 5 heteroatoms. The summed E-state index contributed by atoms with van der Waals surface area (Å²) in [5.74, 6) is 5.15. The topological polar surface area (TPSA) is 78.6 Å². The third-order valence-electron chi connectivity index (χ3n) is 3.54. The molecule has 1 heterocycles. The Labute approximate surface area is 103 Å². The second kappa shape index (κ2) is 7.63. The number of nitrogens with two attached hydrogens (primary N) is 1. The summed E-state index contributed by atoms with van der Waals surface area (Å²) in [6, 6.07) is 0.185. The molecular weight excluding hydrogens is 218 g/mol. The summed E-state index contributed by atoms with van der Waals surface area (Å²) in [5, 5.41) is 9.09. The molecule has 1 amide bonds. The van der Waals surface area contributed by atoms with Crippen LogP contribution in [0.5, 0.6) is 0 Å². The van der Waals surface area contributed by atoms with Crippen molar-refractivity contribution in [3.05, 3.63) is 0 Å². The molecule has 1 saturated heterocycles. The molecular formula is C12H25N3O2. The van der Waals surface area contributed by atoms with Gasteiger partial charge < -0.3 is 5.11 Å². The monoisotopic (exact) mass is 243 g/mol. The maximum absolute atomic E-state index is 11.8. The van der Waals surface area contributed by atoms with Crippen molar-refractivity contribution in [2.45, 2.75) is 57.5 Å². The molecule has 0 aliphatic carbocycles. The molecule has 17 heavy (non-hydrogen) atoms. The average Bonchev–Trinajstić information content (AvgIpc) is 2.36. The van der Waals surface area contributed by atoms with Crippen molar-refractivity contribution in [1.82, 2.24) is 10.3 Å². The third-order valence-corrected chi connectivity index (χ3v) is 3.54. The van der Waals surface area contributed by atoms with Crippen LogP contribution in [0.1, 0.15) is 45.4 Å². The van der Waals surface area contributed by atoms with Gasteiger partial charge >= 0.3 is 0 Å². The van der Waals surface area contributed by atoms with Crippen LogP contribution in [0.3, 0.4) is 0 Å². The Hall–Kier alpha value is -0.650. The fourth-order valence-corrected chi connectivity index (χ4v) is 2.71. The van der Waals surface area contributed by atoms with E-state index in [1.165, 1.54) is 6.42 Å². The lowest BCUT2D eigenvalue weighted by atomic mass is 9.95. The van der Waals surface area contributed by atoms with Gasteiger partial charge in [-0.15, -0.1) is 0 Å². The Morgan fingerprint density at radius 2 is 2.35 bits per heavy atom. The number of aliphatic hydroxyl groups excluding tert-OH is 1. The van der Waals surface area contributed by atoms with Crippen LogP contribution in [0, 0.1) is 0 Å². The lowest BCUT2D eigenvalue weighted by Crippen LogP contribution is -2.54. The number of likely N-dealkylation sites (tertiary alicyclic amines) is 1. The number of amides is 1. The molecule has 0 spiro atoms. The molecule has 1 fully saturated rings. The molecule has 0 saturated carbocycles. The highest BCUT2D eigenvalue weighted by Crippen LogP contribution is 2.23. The molecule has 1 aliphatic rings. The van der Waals surface area contributed by atoms with Crippen molar-refractivity contribution in [2.75, 3.05) is 13.2 Å². The summed E-state index contributed by atoms with van der Waals surface area (Å²) in [7, 11) is 0. The number of hydrazine groups is 1. The second-order valence-electron chi connectivity index (χ2n) is 4.71. The van der Waals surface area contributed by atoms with Gasteiger partial charge in [0.2, 0.25) is 0 Å². The minimum Gasteiger partial charge on any atom is -0.396 e. The Kier molecular flexibility index (Phi) is 6.47. The van der Waals surface area contributed by atoms with Gasteiger partial charge in [-0.2, -0.15) is 0 Å². The lowest BCUT2D eigenvalue weighted by Gasteiger charge is -2.40. The highest BCUT2D eigenvalue weighted by atomic mass is 16.3. The van der Waals surface area contributed by atoms with Gasteiger partial charge in [0, 0.05) is 12.6 Å². The minimum atomic E-state index is -0.137. The lowest BCUT2D eigenvalue weighted by molar-refractivity contribution is -0.128. The Morgan fingerprint density at radius 1 is 1.59 bits per heavy atom. The molecule has 0 bridgehead atoms. The molecule has 0 radical (unpaired) electrons. The fraction of sp³-hybridized carbons (Fsp3) is 0.917. The minimum absolute atomic E-state index is 0.100. The van der Waals surface area contributed by atoms with Gasteiger partial charge in [-0.25, -0.2) is 5.84 Å². The van der Waals surface area contributed by atoms with Gasteiger partial charge in [0.15, 0.2) is 0 Å². The quantitative estimate of drug-likeness (QED) is 0.358. The Morgan fingerprint density at radius 3 is 2.94 bits per heavy atom. The van der Waals surface area contributed by atoms with Crippen LogP contribution >= 0.6 is 0 Å². The van der Waals surface area contributed by atoms with E-state index >= 15 is 0 Å². The highest BCUT2D eigenvalue weighted by molar-refractivity contribution is 5.81. The van der Waals surface area contributed by atoms with E-state index in [-0.39, 0.29) is 18.6 Å². The molecule has 1 rings (SSSR count). The zero-order valence-electron chi connectivity index (χ0n) is 10.7. The van der Waals surface area contributed by atoms with Crippen molar-refractivity contribution in [1.29, 1.82) is 0 Å². The highest BCUT2D eigenvalue weighted by Gasteiger charge is 2.31. The number of hydrogen-bond donors (Lipinski definition) is 3. The first-order chi connectivity index (χ1) is 8.24. The van der Waals surface area contributed by atoms with Crippen molar-refractivity contribution in [2.24, 2.45) is 5.84 Å². The summed E-state index contributed by atoms with van der Waals surface area (Å²) in [4.78, 5) is 14.0. The van der Waals surface area contributed by atoms with Crippen LogP contribution in [0.4, 0.5) is 0 Å². The summed E-state index contributed by atoms with van der Waals surface area (Å²) in [6.45, 7) is 3.19. The standard InChI is InChI=1S/C12H25N3O2/c1-2-5-11(12(17)14-13)15-8-4-3-6-10(15)7-9-16/h10-11,16H,2-9,13H2,1H3,(H,14,17). The first-order valence-electron chi connectivity index (χ1n) is 6.61. The number of aliphatic hydroxyl groups is 1. The maximum Gasteiger partial charge on any atom is 0.251 e. The van der Waals surface area contributed by atoms with Crippen molar-refractivity contribution < 1.29 is 9.90 Å². The third kappa shape index (κ3) is 3.94. The number of nitrogens with zero attached hydrogens (tertiary/aromatic N) is 1. The predicted octanol–water partition coefficient (Wildman–Crippen LogP) is 0.382. The number of carbonyl (C=O) groups is 1. The van der Waals surface area contributed by atoms with Gasteiger partial charge in [0.1, 0.15) is 0 Å². The number of hydrogen-bond acceptors (Lipinski definition) is 4. The number of carbonyl (C=O) groups excluding carboxylic acids is 1. The molecule has 5 nitrogen and oxygen atoms in total. The van der Waals surface area contributed by atoms with E-state index in [2.05, 4.69) is 17.2 Å². The molecule has 2 unspecified atom stereocenters. The van der Waals surface area contributed by atoms with E-state index in [4.69, 9.17) is 10.9 Å². The molecule has 1 aliphatic heterocycles. The first kappa shape index (κ1) is 14.4. The summed E-state index contributed by atoms with van der Waals surface area (Å²) in [6.07, 6.45) is 5.91. The van der Waals surface area contributed by atoms with Gasteiger partial charge in [-0.05, 0) is 32.2 Å². The predicted molar refractivity (Wildman–Crippen MR) is 67.1 cm³/mol. The summed E-state index contributed by atoms with van der Waals surface area (Å²) >= 11 is 0. The Bertz CT molecular complexity index is 234. The smallest absolute Gasteiger partial charge is 0.251 e. The van der Waals surface area contributed by atoms with Crippen molar-refractivity contribution >= 4 is 5.91 Å². The largest absolute Gasteiger partial charge is 0.396 e. The van der Waals surface area contributed by atoms with E-state index in [1.54, 1.807) is 0 Å². The van der Waals surface area contributed by atoms with E-state index in [0.29, 0.717) is 6.04 Å². The first-order valence-corrected chi connectivity index (χ1v) is 6.61. The van der Waals surface area contributed by atoms with E-state index < -0.39 is 0 Å². The van der Waals surface area contributed by atoms with Crippen molar-refractivity contribution in [3.8, 4) is 0 Å². The molecule has 100 valence electrons. The van der Waals surface area contributed by atoms with Gasteiger partial charge in [-0.1, -0.05) is 19.8 Å². The number of nitrogens with one attached hydrogen (secondary N) is 1. The fourth-order valence-electron chi connectivity index (χ4n) is 2.71. The van der Waals surface area contributed by atoms with E-state index in [9.17, 15) is 4.79 Å². The second-order valence-corrected chi connectivity index (χ2v) is 4.71. The molecule has 2 atom stereocenters. The van der Waals surface area contributed by atoms with Crippen LogP contribution in [0.15, 0.2) is 0 Å². The molecule has 0 aromatic heterocycles. The Balaban J connectivity index is 2.70. The summed E-state index contributed by atoms with van der Waals surface area (Å²) in [5.41, 5.74) is 2.27. The van der Waals surface area contributed by atoms with E-state index in [0.717, 1.165) is 38.6 Å². The van der Waals surface area contributed by atoms with Gasteiger partial charge in [0.25, 0.3) is 5.91 Å². The van der Waals surface area contributed by atoms with Crippen LogP contribution in [0.25, 0.3) is 0 Å². The SMILES string of the molecule is CCCC(C(=O)NN)N1CCCCC1CCO. The van der Waals surface area contributed by atoms with E-state index in [1.807, 2.05) is 0 Å². The van der Waals surface area contributed by atoms with Crippen LogP contribution in [-0.2, 0) is 4.79 Å². The normalized spacial score (nSPS) is 23.4. The van der Waals surface area contributed by atoms with Crippen LogP contribution in [-0.4, -0.2) is 41.1 Å². The molecule has 0 aromatic rings. The maximum atomic E-state index is 11.8. The average molecular weight is 243 g/mol. The van der Waals surface area contributed by atoms with Gasteiger partial charge in [-0.3, -0.25) is 15.1 Å². The summed E-state index contributed by atoms with van der Waals surface area (Å²) < 4.78 is 0. The number of piperidine rings is 1. The zero-order valence-corrected chi connectivity index (χ0v) is 10.7. The van der Waals surface area contributed by atoms with Crippen LogP contribution in [0.2, 0.25) is 0 Å². The van der Waals surface area contributed by atoms with Crippen molar-refractivity contribution in [3.63, 3.8) is 0 Å². The van der Waals surface area contributed by atoms with Gasteiger partial charge in [0.05, 0.1) is 6.04 Å².